The second-order valence-electron chi connectivity index (χ2n) is 5.45. The lowest BCUT2D eigenvalue weighted by Crippen LogP contribution is -2.17. The SMILES string of the molecule is C#CC(C)(C)C#CC(C)(C)C#CC(C)(C)O. The molecule has 0 heterocycles. The van der Waals surface area contributed by atoms with Crippen LogP contribution < -0.4 is 0 Å². The summed E-state index contributed by atoms with van der Waals surface area (Å²) in [6, 6.07) is 0. The zero-order valence-corrected chi connectivity index (χ0v) is 11.0. The van der Waals surface area contributed by atoms with Crippen LogP contribution in [0, 0.1) is 46.9 Å². The van der Waals surface area contributed by atoms with E-state index in [0.717, 1.165) is 0 Å². The highest BCUT2D eigenvalue weighted by Gasteiger charge is 2.15. The average Bonchev–Trinajstić information content (AvgIpc) is 2.12. The summed E-state index contributed by atoms with van der Waals surface area (Å²) in [5, 5.41) is 9.50. The molecule has 0 amide bonds. The predicted molar refractivity (Wildman–Crippen MR) is 68.2 cm³/mol. The highest BCUT2D eigenvalue weighted by Crippen LogP contribution is 2.16. The fourth-order valence-electron chi connectivity index (χ4n) is 0.689. The first-order chi connectivity index (χ1) is 6.97. The number of aliphatic hydroxyl groups is 1. The van der Waals surface area contributed by atoms with Gasteiger partial charge in [-0.3, -0.25) is 0 Å². The third kappa shape index (κ3) is 7.00. The zero-order chi connectivity index (χ0) is 13.0. The van der Waals surface area contributed by atoms with Crippen molar-refractivity contribution in [3.8, 4) is 36.0 Å². The van der Waals surface area contributed by atoms with Crippen molar-refractivity contribution in [1.29, 1.82) is 0 Å². The first-order valence-electron chi connectivity index (χ1n) is 5.26. The largest absolute Gasteiger partial charge is 0.378 e. The Kier molecular flexibility index (Phi) is 4.26. The molecule has 0 aliphatic heterocycles. The number of rotatable bonds is 0. The molecule has 1 heteroatoms. The molecule has 0 spiro atoms. The second-order valence-corrected chi connectivity index (χ2v) is 5.45. The molecule has 0 saturated carbocycles. The van der Waals surface area contributed by atoms with E-state index < -0.39 is 16.4 Å². The van der Waals surface area contributed by atoms with E-state index in [1.807, 2.05) is 27.7 Å². The van der Waals surface area contributed by atoms with Gasteiger partial charge in [-0.05, 0) is 41.5 Å². The van der Waals surface area contributed by atoms with E-state index in [-0.39, 0.29) is 0 Å². The molecule has 0 bridgehead atoms. The van der Waals surface area contributed by atoms with Gasteiger partial charge in [0, 0.05) is 0 Å². The summed E-state index contributed by atoms with van der Waals surface area (Å²) in [6.45, 7) is 10.9. The van der Waals surface area contributed by atoms with Crippen molar-refractivity contribution in [2.24, 2.45) is 10.8 Å². The molecule has 0 radical (unpaired) electrons. The first-order valence-corrected chi connectivity index (χ1v) is 5.26. The van der Waals surface area contributed by atoms with Gasteiger partial charge < -0.3 is 5.11 Å². The highest BCUT2D eigenvalue weighted by atomic mass is 16.3. The lowest BCUT2D eigenvalue weighted by molar-refractivity contribution is 0.143. The molecule has 0 rings (SSSR count). The third-order valence-corrected chi connectivity index (χ3v) is 1.73. The minimum absolute atomic E-state index is 0.437. The average molecular weight is 216 g/mol. The molecule has 0 aromatic rings. The maximum atomic E-state index is 9.50. The summed E-state index contributed by atoms with van der Waals surface area (Å²) in [4.78, 5) is 0. The van der Waals surface area contributed by atoms with Crippen LogP contribution in [-0.4, -0.2) is 10.7 Å². The molecule has 1 nitrogen and oxygen atoms in total. The monoisotopic (exact) mass is 216 g/mol. The van der Waals surface area contributed by atoms with Gasteiger partial charge in [-0.15, -0.1) is 6.42 Å². The predicted octanol–water partition coefficient (Wildman–Crippen LogP) is 2.45. The van der Waals surface area contributed by atoms with Gasteiger partial charge in [0.1, 0.15) is 5.60 Å². The molecule has 0 saturated heterocycles. The summed E-state index contributed by atoms with van der Waals surface area (Å²) in [5.74, 6) is 14.4. The van der Waals surface area contributed by atoms with Crippen molar-refractivity contribution in [1.82, 2.24) is 0 Å². The van der Waals surface area contributed by atoms with Crippen LogP contribution in [0.1, 0.15) is 41.5 Å². The van der Waals surface area contributed by atoms with Crippen LogP contribution in [-0.2, 0) is 0 Å². The Bertz CT molecular complexity index is 403. The molecule has 16 heavy (non-hydrogen) atoms. The standard InChI is InChI=1S/C15H20O/c1-8-13(2,3)9-10-14(4,5)11-12-15(6,7)16/h1,16H,2-7H3. The summed E-state index contributed by atoms with van der Waals surface area (Å²) in [5.41, 5.74) is -1.89. The molecule has 0 aromatic heterocycles. The molecule has 1 N–H and O–H groups in total. The quantitative estimate of drug-likeness (QED) is 0.617. The van der Waals surface area contributed by atoms with E-state index in [1.54, 1.807) is 13.8 Å². The van der Waals surface area contributed by atoms with Crippen molar-refractivity contribution in [2.75, 3.05) is 0 Å². The van der Waals surface area contributed by atoms with Crippen molar-refractivity contribution in [3.63, 3.8) is 0 Å². The van der Waals surface area contributed by atoms with E-state index in [0.29, 0.717) is 0 Å². The smallest absolute Gasteiger partial charge is 0.120 e. The summed E-state index contributed by atoms with van der Waals surface area (Å²) in [6.07, 6.45) is 5.35. The van der Waals surface area contributed by atoms with Crippen LogP contribution in [0.15, 0.2) is 0 Å². The van der Waals surface area contributed by atoms with Crippen molar-refractivity contribution >= 4 is 0 Å². The van der Waals surface area contributed by atoms with Crippen LogP contribution in [0.2, 0.25) is 0 Å². The molecule has 0 aromatic carbocycles. The fourth-order valence-corrected chi connectivity index (χ4v) is 0.689. The Labute approximate surface area is 99.6 Å². The maximum Gasteiger partial charge on any atom is 0.120 e. The van der Waals surface area contributed by atoms with Crippen molar-refractivity contribution in [3.05, 3.63) is 0 Å². The van der Waals surface area contributed by atoms with Gasteiger partial charge in [0.15, 0.2) is 0 Å². The van der Waals surface area contributed by atoms with Crippen LogP contribution in [0.3, 0.4) is 0 Å². The molecular weight excluding hydrogens is 196 g/mol. The van der Waals surface area contributed by atoms with Crippen molar-refractivity contribution in [2.45, 2.75) is 47.1 Å². The van der Waals surface area contributed by atoms with E-state index in [1.165, 1.54) is 0 Å². The Morgan fingerprint density at radius 2 is 1.12 bits per heavy atom. The van der Waals surface area contributed by atoms with Crippen molar-refractivity contribution < 1.29 is 5.11 Å². The van der Waals surface area contributed by atoms with Gasteiger partial charge in [-0.1, -0.05) is 29.6 Å². The zero-order valence-electron chi connectivity index (χ0n) is 11.0. The maximum absolute atomic E-state index is 9.50. The van der Waals surface area contributed by atoms with Crippen LogP contribution in [0.4, 0.5) is 0 Å². The minimum atomic E-state index is -0.986. The minimum Gasteiger partial charge on any atom is -0.378 e. The normalized spacial score (nSPS) is 11.6. The number of hydrogen-bond donors (Lipinski definition) is 1. The first kappa shape index (κ1) is 14.6. The van der Waals surface area contributed by atoms with Gasteiger partial charge in [0.25, 0.3) is 0 Å². The van der Waals surface area contributed by atoms with Gasteiger partial charge in [-0.2, -0.15) is 0 Å². The highest BCUT2D eigenvalue weighted by molar-refractivity contribution is 5.30. The van der Waals surface area contributed by atoms with E-state index in [9.17, 15) is 5.11 Å². The molecule has 0 atom stereocenters. The fraction of sp³-hybridized carbons (Fsp3) is 0.600. The summed E-state index contributed by atoms with van der Waals surface area (Å²) >= 11 is 0. The Morgan fingerprint density at radius 3 is 1.50 bits per heavy atom. The molecule has 0 aliphatic rings. The van der Waals surface area contributed by atoms with E-state index in [2.05, 4.69) is 29.6 Å². The Morgan fingerprint density at radius 1 is 0.750 bits per heavy atom. The van der Waals surface area contributed by atoms with Crippen LogP contribution in [0.25, 0.3) is 0 Å². The van der Waals surface area contributed by atoms with Gasteiger partial charge in [0.2, 0.25) is 0 Å². The molecule has 0 aliphatic carbocycles. The topological polar surface area (TPSA) is 20.2 Å². The van der Waals surface area contributed by atoms with E-state index in [4.69, 9.17) is 6.42 Å². The lowest BCUT2D eigenvalue weighted by Gasteiger charge is -2.13. The third-order valence-electron chi connectivity index (χ3n) is 1.73. The van der Waals surface area contributed by atoms with Crippen LogP contribution in [0.5, 0.6) is 0 Å². The lowest BCUT2D eigenvalue weighted by atomic mass is 9.89. The molecular formula is C15H20O. The van der Waals surface area contributed by atoms with Crippen LogP contribution >= 0.6 is 0 Å². The Balaban J connectivity index is 4.98. The van der Waals surface area contributed by atoms with Gasteiger partial charge >= 0.3 is 0 Å². The second kappa shape index (κ2) is 4.65. The van der Waals surface area contributed by atoms with Gasteiger partial charge in [0.05, 0.1) is 10.8 Å². The molecule has 0 fully saturated rings. The Hall–Kier alpha value is -1.36. The number of hydrogen-bond acceptors (Lipinski definition) is 1. The summed E-state index contributed by atoms with van der Waals surface area (Å²) < 4.78 is 0. The molecule has 0 unspecified atom stereocenters. The van der Waals surface area contributed by atoms with Gasteiger partial charge in [-0.25, -0.2) is 0 Å². The summed E-state index contributed by atoms with van der Waals surface area (Å²) in [7, 11) is 0. The van der Waals surface area contributed by atoms with E-state index >= 15 is 0 Å². The number of terminal acetylenes is 1. The molecule has 86 valence electrons.